The van der Waals surface area contributed by atoms with Crippen molar-refractivity contribution in [2.75, 3.05) is 0 Å². The largest absolute Gasteiger partial charge is 0.508 e. The Bertz CT molecular complexity index is 1760. The lowest BCUT2D eigenvalue weighted by molar-refractivity contribution is 0.475. The second kappa shape index (κ2) is 9.78. The van der Waals surface area contributed by atoms with E-state index in [4.69, 9.17) is 0 Å². The van der Waals surface area contributed by atoms with Crippen molar-refractivity contribution < 1.29 is 10.2 Å². The summed E-state index contributed by atoms with van der Waals surface area (Å²) in [6.07, 6.45) is 0. The third-order valence-corrected chi connectivity index (χ3v) is 9.25. The fourth-order valence-corrected chi connectivity index (χ4v) is 7.27. The van der Waals surface area contributed by atoms with Crippen molar-refractivity contribution in [3.63, 3.8) is 0 Å². The number of hydrogen-bond donors (Lipinski definition) is 2. The Labute approximate surface area is 247 Å². The molecule has 1 aliphatic carbocycles. The topological polar surface area (TPSA) is 40.5 Å². The molecule has 0 heterocycles. The van der Waals surface area contributed by atoms with E-state index in [9.17, 15) is 10.2 Å². The van der Waals surface area contributed by atoms with Gasteiger partial charge in [-0.15, -0.1) is 0 Å². The Hall–Kier alpha value is -5.08. The first-order valence-corrected chi connectivity index (χ1v) is 14.4. The van der Waals surface area contributed by atoms with Crippen molar-refractivity contribution in [1.82, 2.24) is 0 Å². The second-order valence-electron chi connectivity index (χ2n) is 11.5. The minimum absolute atomic E-state index is 0.257. The molecule has 42 heavy (non-hydrogen) atoms. The van der Waals surface area contributed by atoms with Crippen molar-refractivity contribution in [2.24, 2.45) is 0 Å². The van der Waals surface area contributed by atoms with Gasteiger partial charge in [0.25, 0.3) is 0 Å². The molecule has 0 spiro atoms. The molecule has 0 radical (unpaired) electrons. The lowest BCUT2D eigenvalue weighted by Gasteiger charge is -2.48. The van der Waals surface area contributed by atoms with Gasteiger partial charge in [-0.1, -0.05) is 121 Å². The van der Waals surface area contributed by atoms with Crippen molar-refractivity contribution in [1.29, 1.82) is 0 Å². The smallest absolute Gasteiger partial charge is 0.116 e. The molecular formula is C40H32O2. The van der Waals surface area contributed by atoms with Crippen molar-refractivity contribution in [3.8, 4) is 33.8 Å². The molecule has 0 bridgehead atoms. The molecule has 2 nitrogen and oxygen atoms in total. The molecule has 7 rings (SSSR count). The van der Waals surface area contributed by atoms with Gasteiger partial charge in [-0.25, -0.2) is 0 Å². The molecule has 0 saturated heterocycles. The van der Waals surface area contributed by atoms with Gasteiger partial charge in [0.15, 0.2) is 0 Å². The molecule has 0 atom stereocenters. The Morgan fingerprint density at radius 1 is 0.357 bits per heavy atom. The number of aromatic hydroxyl groups is 2. The van der Waals surface area contributed by atoms with Crippen LogP contribution < -0.4 is 0 Å². The van der Waals surface area contributed by atoms with Gasteiger partial charge >= 0.3 is 0 Å². The highest BCUT2D eigenvalue weighted by Crippen LogP contribution is 2.57. The minimum Gasteiger partial charge on any atom is -0.508 e. The van der Waals surface area contributed by atoms with Crippen LogP contribution >= 0.6 is 0 Å². The van der Waals surface area contributed by atoms with E-state index in [-0.39, 0.29) is 11.5 Å². The van der Waals surface area contributed by atoms with E-state index >= 15 is 0 Å². The normalized spacial score (nSPS) is 19.1. The van der Waals surface area contributed by atoms with Crippen molar-refractivity contribution in [2.45, 2.75) is 24.7 Å². The summed E-state index contributed by atoms with van der Waals surface area (Å²) in [5.74, 6) is 0.515. The van der Waals surface area contributed by atoms with Crippen LogP contribution in [0.5, 0.6) is 11.5 Å². The molecule has 6 aromatic rings. The molecule has 0 aromatic heterocycles. The zero-order valence-corrected chi connectivity index (χ0v) is 23.8. The molecular weight excluding hydrogens is 512 g/mol. The van der Waals surface area contributed by atoms with Gasteiger partial charge in [-0.2, -0.15) is 0 Å². The maximum Gasteiger partial charge on any atom is 0.116 e. The Morgan fingerprint density at radius 2 is 0.667 bits per heavy atom. The van der Waals surface area contributed by atoms with Crippen LogP contribution in [0.1, 0.15) is 47.2 Å². The summed E-state index contributed by atoms with van der Waals surface area (Å²) in [6, 6.07) is 49.9. The number of benzene rings is 6. The molecule has 0 saturated carbocycles. The number of phenolic OH excluding ortho intramolecular Hbond substituents is 2. The molecule has 2 heteroatoms. The van der Waals surface area contributed by atoms with Gasteiger partial charge < -0.3 is 10.2 Å². The van der Waals surface area contributed by atoms with Crippen LogP contribution in [0.25, 0.3) is 22.3 Å². The quantitative estimate of drug-likeness (QED) is 0.232. The number of fused-ring (bicyclic) bond motifs is 2. The third kappa shape index (κ3) is 3.79. The van der Waals surface area contributed by atoms with Gasteiger partial charge in [0.1, 0.15) is 11.5 Å². The highest BCUT2D eigenvalue weighted by atomic mass is 16.3. The van der Waals surface area contributed by atoms with Crippen molar-refractivity contribution in [3.05, 3.63) is 179 Å². The van der Waals surface area contributed by atoms with Gasteiger partial charge in [-0.3, -0.25) is 0 Å². The van der Waals surface area contributed by atoms with Crippen LogP contribution in [0.2, 0.25) is 0 Å². The number of hydrogen-bond acceptors (Lipinski definition) is 2. The summed E-state index contributed by atoms with van der Waals surface area (Å²) < 4.78 is 0. The fraction of sp³-hybridized carbons (Fsp3) is 0.100. The molecule has 6 aromatic carbocycles. The average molecular weight is 545 g/mol. The molecule has 0 unspecified atom stereocenters. The van der Waals surface area contributed by atoms with E-state index in [1.165, 1.54) is 33.4 Å². The summed E-state index contributed by atoms with van der Waals surface area (Å²) >= 11 is 0. The number of rotatable bonds is 4. The van der Waals surface area contributed by atoms with Crippen LogP contribution in [0, 0.1) is 0 Å². The van der Waals surface area contributed by atoms with Gasteiger partial charge in [0.2, 0.25) is 0 Å². The fourth-order valence-electron chi connectivity index (χ4n) is 7.27. The first-order valence-electron chi connectivity index (χ1n) is 14.4. The van der Waals surface area contributed by atoms with E-state index in [0.717, 1.165) is 22.3 Å². The standard InChI is InChI=1S/C40H32O2/c1-39(33-19-5-3-17-31(33)27-13-11-15-29(41)25-27)35-21-7-9-23-37(35)40(2,38-24-10-8-22-36(38)39)34-20-6-4-18-32(34)28-14-12-16-30(42)26-28/h3-26,41-42H,1-2H3. The first kappa shape index (κ1) is 25.9. The molecule has 1 aliphatic rings. The predicted octanol–water partition coefficient (Wildman–Crippen LogP) is 9.45. The predicted molar refractivity (Wildman–Crippen MR) is 171 cm³/mol. The van der Waals surface area contributed by atoms with E-state index < -0.39 is 10.8 Å². The summed E-state index contributed by atoms with van der Waals surface area (Å²) in [5, 5.41) is 20.7. The van der Waals surface area contributed by atoms with Crippen LogP contribution in [0.15, 0.2) is 146 Å². The number of phenols is 2. The summed E-state index contributed by atoms with van der Waals surface area (Å²) in [7, 11) is 0. The molecule has 2 N–H and O–H groups in total. The minimum atomic E-state index is -0.464. The molecule has 204 valence electrons. The first-order chi connectivity index (χ1) is 20.4. The Kier molecular flexibility index (Phi) is 6.02. The van der Waals surface area contributed by atoms with Crippen LogP contribution in [0.3, 0.4) is 0 Å². The second-order valence-corrected chi connectivity index (χ2v) is 11.5. The lowest BCUT2D eigenvalue weighted by atomic mass is 9.54. The maximum absolute atomic E-state index is 10.4. The van der Waals surface area contributed by atoms with E-state index in [2.05, 4.69) is 123 Å². The zero-order chi connectivity index (χ0) is 28.9. The highest BCUT2D eigenvalue weighted by molar-refractivity contribution is 5.79. The van der Waals surface area contributed by atoms with Gasteiger partial charge in [0.05, 0.1) is 0 Å². The van der Waals surface area contributed by atoms with Crippen molar-refractivity contribution >= 4 is 0 Å². The molecule has 0 fully saturated rings. The maximum atomic E-state index is 10.4. The summed E-state index contributed by atoms with van der Waals surface area (Å²) in [5.41, 5.74) is 10.7. The zero-order valence-electron chi connectivity index (χ0n) is 23.8. The van der Waals surface area contributed by atoms with Crippen LogP contribution in [-0.2, 0) is 10.8 Å². The SMILES string of the molecule is CC1(c2ccccc2-c2cccc(O)c2)c2ccccc2C(C)(c2ccccc2-c2cccc(O)c2)c2ccccc21. The Morgan fingerprint density at radius 3 is 1.00 bits per heavy atom. The summed E-state index contributed by atoms with van der Waals surface area (Å²) in [4.78, 5) is 0. The van der Waals surface area contributed by atoms with E-state index in [1.54, 1.807) is 12.1 Å². The third-order valence-electron chi connectivity index (χ3n) is 9.25. The van der Waals surface area contributed by atoms with Gasteiger partial charge in [-0.05, 0) is 93.7 Å². The van der Waals surface area contributed by atoms with E-state index in [1.807, 2.05) is 24.3 Å². The van der Waals surface area contributed by atoms with Crippen LogP contribution in [0.4, 0.5) is 0 Å². The average Bonchev–Trinajstić information content (AvgIpc) is 3.04. The summed E-state index contributed by atoms with van der Waals surface area (Å²) in [6.45, 7) is 4.68. The van der Waals surface area contributed by atoms with Gasteiger partial charge in [0, 0.05) is 10.8 Å². The van der Waals surface area contributed by atoms with Crippen LogP contribution in [-0.4, -0.2) is 10.2 Å². The monoisotopic (exact) mass is 544 g/mol. The highest BCUT2D eigenvalue weighted by Gasteiger charge is 2.48. The Balaban J connectivity index is 1.55. The molecule has 0 aliphatic heterocycles. The lowest BCUT2D eigenvalue weighted by Crippen LogP contribution is -2.41. The molecule has 0 amide bonds. The van der Waals surface area contributed by atoms with E-state index in [0.29, 0.717) is 0 Å².